The number of amides is 3. The van der Waals surface area contributed by atoms with Crippen LogP contribution in [0.1, 0.15) is 50.3 Å². The van der Waals surface area contributed by atoms with Crippen LogP contribution in [0.25, 0.3) is 0 Å². The molecule has 0 aromatic heterocycles. The number of aliphatic hydroxyl groups is 1. The summed E-state index contributed by atoms with van der Waals surface area (Å²) in [5.74, 6) is -1.82. The molecule has 208 valence electrons. The topological polar surface area (TPSA) is 98.7 Å². The number of nitrogens with zero attached hydrogens (tertiary/aromatic N) is 1. The molecule has 1 spiro atoms. The highest BCUT2D eigenvalue weighted by atomic mass is 79.9. The Morgan fingerprint density at radius 1 is 1.13 bits per heavy atom. The predicted octanol–water partition coefficient (Wildman–Crippen LogP) is 3.81. The zero-order valence-corrected chi connectivity index (χ0v) is 24.7. The normalized spacial score (nSPS) is 30.6. The van der Waals surface area contributed by atoms with E-state index in [-0.39, 0.29) is 40.4 Å². The van der Waals surface area contributed by atoms with Crippen molar-refractivity contribution in [2.24, 2.45) is 11.8 Å². The number of alkyl halides is 1. The quantitative estimate of drug-likeness (QED) is 0.354. The van der Waals surface area contributed by atoms with E-state index in [1.807, 2.05) is 67.6 Å². The molecule has 5 rings (SSSR count). The molecule has 2 bridgehead atoms. The molecule has 0 radical (unpaired) electrons. The van der Waals surface area contributed by atoms with Crippen molar-refractivity contribution in [1.82, 2.24) is 15.5 Å². The third-order valence-electron chi connectivity index (χ3n) is 8.39. The summed E-state index contributed by atoms with van der Waals surface area (Å²) in [5.41, 5.74) is 1.75. The second-order valence-electron chi connectivity index (χ2n) is 10.9. The van der Waals surface area contributed by atoms with Gasteiger partial charge in [0.15, 0.2) is 0 Å². The number of rotatable bonds is 10. The lowest BCUT2D eigenvalue weighted by Crippen LogP contribution is -2.56. The number of halogens is 1. The maximum Gasteiger partial charge on any atom is 0.244 e. The van der Waals surface area contributed by atoms with Gasteiger partial charge in [-0.05, 0) is 30.9 Å². The summed E-state index contributed by atoms with van der Waals surface area (Å²) in [6, 6.07) is 17.5. The van der Waals surface area contributed by atoms with Crippen molar-refractivity contribution in [3.63, 3.8) is 0 Å². The molecule has 3 heterocycles. The van der Waals surface area contributed by atoms with Crippen molar-refractivity contribution in [1.29, 1.82) is 0 Å². The van der Waals surface area contributed by atoms with E-state index in [0.29, 0.717) is 13.0 Å². The Labute approximate surface area is 242 Å². The lowest BCUT2D eigenvalue weighted by molar-refractivity contribution is -0.143. The van der Waals surface area contributed by atoms with Gasteiger partial charge in [0.1, 0.15) is 6.04 Å². The predicted molar refractivity (Wildman–Crippen MR) is 156 cm³/mol. The van der Waals surface area contributed by atoms with Crippen LogP contribution in [-0.4, -0.2) is 61.2 Å². The van der Waals surface area contributed by atoms with Gasteiger partial charge >= 0.3 is 0 Å². The van der Waals surface area contributed by atoms with Gasteiger partial charge in [-0.25, -0.2) is 0 Å². The zero-order valence-electron chi connectivity index (χ0n) is 22.3. The molecule has 4 unspecified atom stereocenters. The fourth-order valence-corrected chi connectivity index (χ4v) is 10.4. The summed E-state index contributed by atoms with van der Waals surface area (Å²) in [6.07, 6.45) is 2.35. The molecule has 2 aromatic carbocycles. The van der Waals surface area contributed by atoms with Crippen LogP contribution in [-0.2, 0) is 20.9 Å². The lowest BCUT2D eigenvalue weighted by atomic mass is 9.70. The van der Waals surface area contributed by atoms with E-state index in [0.717, 1.165) is 24.0 Å². The molecule has 2 aromatic rings. The van der Waals surface area contributed by atoms with Gasteiger partial charge in [0, 0.05) is 22.7 Å². The number of carbonyl (C=O) groups is 3. The van der Waals surface area contributed by atoms with Crippen molar-refractivity contribution in [2.45, 2.75) is 72.6 Å². The molecule has 3 N–H and O–H groups in total. The molecule has 39 heavy (non-hydrogen) atoms. The van der Waals surface area contributed by atoms with Crippen molar-refractivity contribution < 1.29 is 19.5 Å². The highest BCUT2D eigenvalue weighted by molar-refractivity contribution is 9.09. The third kappa shape index (κ3) is 5.02. The first-order valence-electron chi connectivity index (χ1n) is 13.7. The minimum absolute atomic E-state index is 0.00774. The third-order valence-corrected chi connectivity index (χ3v) is 11.6. The summed E-state index contributed by atoms with van der Waals surface area (Å²) < 4.78 is -0.761. The monoisotopic (exact) mass is 613 g/mol. The largest absolute Gasteiger partial charge is 0.394 e. The number of hydrogen-bond donors (Lipinski definition) is 3. The van der Waals surface area contributed by atoms with E-state index in [4.69, 9.17) is 0 Å². The molecule has 0 saturated carbocycles. The molecule has 9 heteroatoms. The lowest BCUT2D eigenvalue weighted by Gasteiger charge is -2.38. The fraction of sp³-hybridized carbons (Fsp3) is 0.500. The molecule has 3 fully saturated rings. The second-order valence-corrected chi connectivity index (χ2v) is 13.6. The van der Waals surface area contributed by atoms with E-state index < -0.39 is 28.7 Å². The molecule has 8 atom stereocenters. The molecule has 7 nitrogen and oxygen atoms in total. The van der Waals surface area contributed by atoms with Crippen molar-refractivity contribution in [3.8, 4) is 0 Å². The minimum Gasteiger partial charge on any atom is -0.394 e. The molecule has 0 aliphatic carbocycles. The number of carbonyl (C=O) groups excluding carboxylic acids is 3. The second kappa shape index (κ2) is 11.6. The Kier molecular flexibility index (Phi) is 8.40. The van der Waals surface area contributed by atoms with Gasteiger partial charge in [-0.15, -0.1) is 11.8 Å². The van der Waals surface area contributed by atoms with Gasteiger partial charge in [0.05, 0.1) is 29.2 Å². The highest BCUT2D eigenvalue weighted by Gasteiger charge is 2.76. The van der Waals surface area contributed by atoms with E-state index in [1.54, 1.807) is 16.7 Å². The summed E-state index contributed by atoms with van der Waals surface area (Å²) in [4.78, 5) is 43.8. The number of aliphatic hydroxyl groups excluding tert-OH is 1. The summed E-state index contributed by atoms with van der Waals surface area (Å²) in [5, 5.41) is 16.7. The number of likely N-dealkylation sites (tertiary alicyclic amines) is 1. The van der Waals surface area contributed by atoms with Crippen molar-refractivity contribution >= 4 is 45.4 Å². The Hall–Kier alpha value is -2.36. The summed E-state index contributed by atoms with van der Waals surface area (Å²) in [7, 11) is 0. The highest BCUT2D eigenvalue weighted by Crippen LogP contribution is 2.68. The van der Waals surface area contributed by atoms with Crippen molar-refractivity contribution in [2.75, 3.05) is 6.61 Å². The first-order valence-corrected chi connectivity index (χ1v) is 15.5. The van der Waals surface area contributed by atoms with Crippen LogP contribution < -0.4 is 10.6 Å². The first kappa shape index (κ1) is 28.2. The number of hydrogen-bond acceptors (Lipinski definition) is 5. The van der Waals surface area contributed by atoms with Gasteiger partial charge in [-0.1, -0.05) is 89.9 Å². The van der Waals surface area contributed by atoms with E-state index in [2.05, 4.69) is 33.5 Å². The SMILES string of the molecule is CCCC(C)NC(=O)C1N([C@H](CO)c2ccccc2)C(=O)[C@@H]2[C@@H](C(=O)NCc3ccccc3)[C@@H]3SC12CC3Br. The number of thioether (sulfide) groups is 1. The van der Waals surface area contributed by atoms with Gasteiger partial charge in [0.2, 0.25) is 17.7 Å². The van der Waals surface area contributed by atoms with Crippen LogP contribution in [0.15, 0.2) is 60.7 Å². The van der Waals surface area contributed by atoms with E-state index >= 15 is 0 Å². The summed E-state index contributed by atoms with van der Waals surface area (Å²) >= 11 is 5.42. The average molecular weight is 615 g/mol. The van der Waals surface area contributed by atoms with Gasteiger partial charge in [0.25, 0.3) is 0 Å². The number of nitrogens with one attached hydrogen (secondary N) is 2. The van der Waals surface area contributed by atoms with Crippen LogP contribution in [0.2, 0.25) is 0 Å². The standard InChI is InChI=1S/C30H36BrN3O4S/c1-3-10-18(2)33-28(37)26-30-15-21(31)25(39-30)23(27(36)32-16-19-11-6-4-7-12-19)24(30)29(38)34(26)22(17-35)20-13-8-5-9-14-20/h4-9,11-14,18,21-26,35H,3,10,15-17H2,1-2H3,(H,32,36)(H,33,37)/t18?,21?,22-,23-,24+,25-,26?,30?/m1/s1. The maximum atomic E-state index is 14.4. The smallest absolute Gasteiger partial charge is 0.244 e. The average Bonchev–Trinajstić information content (AvgIpc) is 3.52. The summed E-state index contributed by atoms with van der Waals surface area (Å²) in [6.45, 7) is 4.11. The number of benzene rings is 2. The minimum atomic E-state index is -0.798. The maximum absolute atomic E-state index is 14.4. The van der Waals surface area contributed by atoms with Crippen LogP contribution in [0.5, 0.6) is 0 Å². The Bertz CT molecular complexity index is 1200. The van der Waals surface area contributed by atoms with Gasteiger partial charge in [-0.2, -0.15) is 0 Å². The molecule has 3 amide bonds. The van der Waals surface area contributed by atoms with E-state index in [1.165, 1.54) is 0 Å². The first-order chi connectivity index (χ1) is 18.8. The fourth-order valence-electron chi connectivity index (χ4n) is 6.76. The molecule has 3 saturated heterocycles. The zero-order chi connectivity index (χ0) is 27.7. The Morgan fingerprint density at radius 3 is 2.44 bits per heavy atom. The van der Waals surface area contributed by atoms with Gasteiger partial charge in [-0.3, -0.25) is 14.4 Å². The molecular weight excluding hydrogens is 578 g/mol. The van der Waals surface area contributed by atoms with Crippen molar-refractivity contribution in [3.05, 3.63) is 71.8 Å². The van der Waals surface area contributed by atoms with Crippen LogP contribution in [0.4, 0.5) is 0 Å². The Morgan fingerprint density at radius 2 is 1.79 bits per heavy atom. The Balaban J connectivity index is 1.51. The molecule has 3 aliphatic rings. The molecule has 3 aliphatic heterocycles. The van der Waals surface area contributed by atoms with E-state index in [9.17, 15) is 19.5 Å². The van der Waals surface area contributed by atoms with Gasteiger partial charge < -0.3 is 20.6 Å². The van der Waals surface area contributed by atoms with Crippen LogP contribution in [0.3, 0.4) is 0 Å². The van der Waals surface area contributed by atoms with Crippen LogP contribution in [0, 0.1) is 11.8 Å². The molecular formula is C30H36BrN3O4S. The van der Waals surface area contributed by atoms with Crippen LogP contribution >= 0.6 is 27.7 Å². The number of fused-ring (bicyclic) bond motifs is 1.